The molecule has 4 nitrogen and oxygen atoms in total. The number of amides is 1. The summed E-state index contributed by atoms with van der Waals surface area (Å²) >= 11 is 0. The summed E-state index contributed by atoms with van der Waals surface area (Å²) in [6.07, 6.45) is 11.1. The van der Waals surface area contributed by atoms with Gasteiger partial charge in [0.05, 0.1) is 6.61 Å². The molecule has 0 radical (unpaired) electrons. The van der Waals surface area contributed by atoms with Crippen LogP contribution in [0.4, 0.5) is 17.3 Å². The van der Waals surface area contributed by atoms with E-state index in [-0.39, 0.29) is 0 Å². The number of ether oxygens (including phenoxy) is 1. The number of nitrogens with two attached hydrogens (primary N) is 1. The Morgan fingerprint density at radius 1 is 1.17 bits per heavy atom. The van der Waals surface area contributed by atoms with Gasteiger partial charge in [0.15, 0.2) is 12.4 Å². The third-order valence-electron chi connectivity index (χ3n) is 3.03. The Kier molecular flexibility index (Phi) is 11.9. The van der Waals surface area contributed by atoms with Crippen LogP contribution in [0.5, 0.6) is 0 Å². The minimum Gasteiger partial charge on any atom is -0.418 e. The average Bonchev–Trinajstić information content (AvgIpc) is 2.48. The van der Waals surface area contributed by atoms with Crippen LogP contribution in [0.1, 0.15) is 55.8 Å². The number of carbonyl (C=O) groups is 1. The quantitative estimate of drug-likeness (QED) is 0.302. The van der Waals surface area contributed by atoms with Gasteiger partial charge in [-0.2, -0.15) is 4.57 Å². The Labute approximate surface area is 140 Å². The summed E-state index contributed by atoms with van der Waals surface area (Å²) in [6, 6.07) is 3.50. The van der Waals surface area contributed by atoms with Crippen molar-refractivity contribution in [1.29, 1.82) is 0 Å². The molecular formula is C15H25BF4N2O2. The summed E-state index contributed by atoms with van der Waals surface area (Å²) in [4.78, 5) is 11.0. The minimum atomic E-state index is -6.00. The van der Waals surface area contributed by atoms with Crippen LogP contribution in [0.2, 0.25) is 0 Å². The second kappa shape index (κ2) is 12.7. The molecule has 0 atom stereocenters. The smallest absolute Gasteiger partial charge is 0.418 e. The van der Waals surface area contributed by atoms with E-state index in [1.54, 1.807) is 18.3 Å². The van der Waals surface area contributed by atoms with Crippen molar-refractivity contribution in [1.82, 2.24) is 0 Å². The summed E-state index contributed by atoms with van der Waals surface area (Å²) in [7, 11) is -6.00. The Morgan fingerprint density at radius 2 is 1.75 bits per heavy atom. The van der Waals surface area contributed by atoms with Crippen molar-refractivity contribution in [3.8, 4) is 0 Å². The van der Waals surface area contributed by atoms with Crippen LogP contribution in [0, 0.1) is 0 Å². The maximum atomic E-state index is 11.0. The molecule has 0 saturated carbocycles. The van der Waals surface area contributed by atoms with Crippen LogP contribution in [-0.2, 0) is 11.5 Å². The van der Waals surface area contributed by atoms with Crippen molar-refractivity contribution in [2.24, 2.45) is 5.73 Å². The SMILES string of the molecule is CCCCCCCCOC[n+]1cccc(C(N)=O)c1.F[B-](F)(F)F. The molecular weight excluding hydrogens is 327 g/mol. The van der Waals surface area contributed by atoms with E-state index < -0.39 is 13.2 Å². The zero-order valence-corrected chi connectivity index (χ0v) is 13.9. The van der Waals surface area contributed by atoms with Gasteiger partial charge < -0.3 is 27.7 Å². The van der Waals surface area contributed by atoms with Crippen LogP contribution >= 0.6 is 0 Å². The van der Waals surface area contributed by atoms with Gasteiger partial charge in [-0.15, -0.1) is 0 Å². The van der Waals surface area contributed by atoms with E-state index in [0.29, 0.717) is 12.3 Å². The highest BCUT2D eigenvalue weighted by molar-refractivity contribution is 6.50. The van der Waals surface area contributed by atoms with Gasteiger partial charge in [0, 0.05) is 6.07 Å². The number of hydrogen-bond donors (Lipinski definition) is 1. The summed E-state index contributed by atoms with van der Waals surface area (Å²) in [5.41, 5.74) is 5.73. The lowest BCUT2D eigenvalue weighted by molar-refractivity contribution is -0.732. The number of nitrogens with zero attached hydrogens (tertiary/aromatic N) is 1. The first-order valence-electron chi connectivity index (χ1n) is 7.98. The lowest BCUT2D eigenvalue weighted by Gasteiger charge is -2.02. The van der Waals surface area contributed by atoms with Crippen molar-refractivity contribution in [3.05, 3.63) is 30.1 Å². The molecule has 0 aliphatic carbocycles. The molecule has 24 heavy (non-hydrogen) atoms. The van der Waals surface area contributed by atoms with E-state index in [2.05, 4.69) is 6.92 Å². The molecule has 9 heteroatoms. The van der Waals surface area contributed by atoms with Crippen molar-refractivity contribution >= 4 is 13.2 Å². The average molecular weight is 352 g/mol. The first-order valence-corrected chi connectivity index (χ1v) is 7.98. The second-order valence-electron chi connectivity index (χ2n) is 5.27. The van der Waals surface area contributed by atoms with Crippen molar-refractivity contribution < 1.29 is 31.4 Å². The monoisotopic (exact) mass is 352 g/mol. The number of carbonyl (C=O) groups excluding carboxylic acids is 1. The Hall–Kier alpha value is -1.64. The molecule has 0 aromatic carbocycles. The molecule has 0 aliphatic heterocycles. The highest BCUT2D eigenvalue weighted by atomic mass is 19.5. The maximum Gasteiger partial charge on any atom is 0.673 e. The van der Waals surface area contributed by atoms with Gasteiger partial charge >= 0.3 is 7.25 Å². The van der Waals surface area contributed by atoms with E-state index in [0.717, 1.165) is 13.0 Å². The Bertz CT molecular complexity index is 467. The molecule has 1 heterocycles. The molecule has 1 aromatic rings. The lowest BCUT2D eigenvalue weighted by Crippen LogP contribution is -2.36. The Balaban J connectivity index is 0.000000922. The van der Waals surface area contributed by atoms with Crippen LogP contribution in [0.25, 0.3) is 0 Å². The molecule has 0 saturated heterocycles. The summed E-state index contributed by atoms with van der Waals surface area (Å²) in [5.74, 6) is -0.412. The normalized spacial score (nSPS) is 10.9. The number of pyridine rings is 1. The third kappa shape index (κ3) is 15.3. The first kappa shape index (κ1) is 22.4. The Morgan fingerprint density at radius 3 is 2.33 bits per heavy atom. The fraction of sp³-hybridized carbons (Fsp3) is 0.600. The van der Waals surface area contributed by atoms with E-state index in [1.807, 2.05) is 10.8 Å². The van der Waals surface area contributed by atoms with Crippen molar-refractivity contribution in [2.45, 2.75) is 52.2 Å². The van der Waals surface area contributed by atoms with Crippen LogP contribution in [-0.4, -0.2) is 19.8 Å². The van der Waals surface area contributed by atoms with Gasteiger partial charge in [-0.1, -0.05) is 39.0 Å². The predicted octanol–water partition coefficient (Wildman–Crippen LogP) is 3.71. The van der Waals surface area contributed by atoms with Crippen LogP contribution in [0.15, 0.2) is 24.5 Å². The van der Waals surface area contributed by atoms with Crippen molar-refractivity contribution in [3.63, 3.8) is 0 Å². The number of aromatic nitrogens is 1. The molecule has 0 unspecified atom stereocenters. The van der Waals surface area contributed by atoms with Gasteiger partial charge in [0.25, 0.3) is 12.6 Å². The fourth-order valence-corrected chi connectivity index (χ4v) is 1.90. The largest absolute Gasteiger partial charge is 0.673 e. The number of rotatable bonds is 10. The maximum absolute atomic E-state index is 11.0. The van der Waals surface area contributed by atoms with Gasteiger partial charge in [-0.3, -0.25) is 4.79 Å². The molecule has 0 bridgehead atoms. The molecule has 0 aliphatic rings. The number of primary amides is 1. The zero-order valence-electron chi connectivity index (χ0n) is 13.9. The molecule has 2 N–H and O–H groups in total. The molecule has 1 rings (SSSR count). The minimum absolute atomic E-state index is 0.412. The van der Waals surface area contributed by atoms with Gasteiger partial charge in [-0.05, 0) is 12.5 Å². The highest BCUT2D eigenvalue weighted by Gasteiger charge is 2.20. The van der Waals surface area contributed by atoms with E-state index in [9.17, 15) is 22.1 Å². The zero-order chi connectivity index (χ0) is 18.4. The molecule has 0 spiro atoms. The fourth-order valence-electron chi connectivity index (χ4n) is 1.90. The van der Waals surface area contributed by atoms with E-state index in [1.165, 1.54) is 32.1 Å². The lowest BCUT2D eigenvalue weighted by atomic mass is 10.1. The van der Waals surface area contributed by atoms with Gasteiger partial charge in [-0.25, -0.2) is 0 Å². The van der Waals surface area contributed by atoms with Crippen LogP contribution < -0.4 is 10.3 Å². The van der Waals surface area contributed by atoms with Crippen molar-refractivity contribution in [2.75, 3.05) is 6.61 Å². The third-order valence-corrected chi connectivity index (χ3v) is 3.03. The second-order valence-corrected chi connectivity index (χ2v) is 5.27. The number of hydrogen-bond acceptors (Lipinski definition) is 2. The van der Waals surface area contributed by atoms with E-state index >= 15 is 0 Å². The van der Waals surface area contributed by atoms with Gasteiger partial charge in [0.1, 0.15) is 5.56 Å². The molecule has 0 fully saturated rings. The number of unbranched alkanes of at least 4 members (excludes halogenated alkanes) is 5. The molecule has 1 amide bonds. The van der Waals surface area contributed by atoms with Gasteiger partial charge in [0.2, 0.25) is 0 Å². The predicted molar refractivity (Wildman–Crippen MR) is 84.7 cm³/mol. The first-order chi connectivity index (χ1) is 11.2. The van der Waals surface area contributed by atoms with Crippen LogP contribution in [0.3, 0.4) is 0 Å². The standard InChI is InChI=1S/C15H24N2O2.BF4/c1-2-3-4-5-6-7-11-19-13-17-10-8-9-14(12-17)15(16)18;2-1(3,4)5/h8-10,12H,2-7,11,13H2,1H3,(H-,16,18);/q;-1/p+1. The summed E-state index contributed by atoms with van der Waals surface area (Å²) in [6.45, 7) is 3.45. The summed E-state index contributed by atoms with van der Waals surface area (Å²) in [5, 5.41) is 0. The molecule has 1 aromatic heterocycles. The number of halogens is 4. The highest BCUT2D eigenvalue weighted by Crippen LogP contribution is 2.06. The van der Waals surface area contributed by atoms with E-state index in [4.69, 9.17) is 10.5 Å². The summed E-state index contributed by atoms with van der Waals surface area (Å²) < 4.78 is 46.4. The topological polar surface area (TPSA) is 56.2 Å². The molecule has 138 valence electrons.